The number of hydrogen-bond acceptors (Lipinski definition) is 6. The lowest BCUT2D eigenvalue weighted by Crippen LogP contribution is -2.27. The summed E-state index contributed by atoms with van der Waals surface area (Å²) in [5.74, 6) is 3.00. The molecule has 1 aromatic carbocycles. The molecule has 0 radical (unpaired) electrons. The maximum absolute atomic E-state index is 12.0. The minimum atomic E-state index is 0.114. The Morgan fingerprint density at radius 2 is 1.64 bits per heavy atom. The number of benzene rings is 1. The zero-order valence-corrected chi connectivity index (χ0v) is 15.6. The van der Waals surface area contributed by atoms with Gasteiger partial charge in [-0.15, -0.1) is 0 Å². The van der Waals surface area contributed by atoms with Gasteiger partial charge in [-0.25, -0.2) is 15.0 Å². The quantitative estimate of drug-likeness (QED) is 0.592. The monoisotopic (exact) mass is 374 g/mol. The van der Waals surface area contributed by atoms with Crippen molar-refractivity contribution in [2.24, 2.45) is 5.92 Å². The van der Waals surface area contributed by atoms with E-state index in [1.54, 1.807) is 6.20 Å². The predicted molar refractivity (Wildman–Crippen MR) is 110 cm³/mol. The molecule has 0 unspecified atom stereocenters. The van der Waals surface area contributed by atoms with Crippen LogP contribution in [-0.4, -0.2) is 20.9 Å². The van der Waals surface area contributed by atoms with E-state index in [9.17, 15) is 4.79 Å². The van der Waals surface area contributed by atoms with Gasteiger partial charge in [-0.2, -0.15) is 0 Å². The van der Waals surface area contributed by atoms with E-state index >= 15 is 0 Å². The average molecular weight is 374 g/mol. The van der Waals surface area contributed by atoms with Crippen molar-refractivity contribution < 1.29 is 4.79 Å². The summed E-state index contributed by atoms with van der Waals surface area (Å²) in [4.78, 5) is 25.1. The highest BCUT2D eigenvalue weighted by Crippen LogP contribution is 2.28. The lowest BCUT2D eigenvalue weighted by molar-refractivity contribution is -0.122. The molecule has 0 saturated heterocycles. The van der Waals surface area contributed by atoms with Crippen LogP contribution >= 0.6 is 0 Å². The maximum atomic E-state index is 12.0. The number of anilines is 5. The van der Waals surface area contributed by atoms with E-state index in [-0.39, 0.29) is 11.8 Å². The van der Waals surface area contributed by atoms with Gasteiger partial charge >= 0.3 is 0 Å². The van der Waals surface area contributed by atoms with Crippen LogP contribution in [0.25, 0.3) is 0 Å². The van der Waals surface area contributed by atoms with Crippen LogP contribution in [0.4, 0.5) is 28.8 Å². The zero-order chi connectivity index (χ0) is 19.3. The zero-order valence-electron chi connectivity index (χ0n) is 15.6. The first kappa shape index (κ1) is 17.9. The van der Waals surface area contributed by atoms with Crippen LogP contribution in [0.5, 0.6) is 0 Å². The molecule has 142 valence electrons. The van der Waals surface area contributed by atoms with Crippen molar-refractivity contribution in [1.82, 2.24) is 15.0 Å². The largest absolute Gasteiger partial charge is 0.340 e. The number of rotatable bonds is 6. The average Bonchev–Trinajstić information content (AvgIpc) is 2.62. The summed E-state index contributed by atoms with van der Waals surface area (Å²) in [6.07, 6.45) is 4.86. The van der Waals surface area contributed by atoms with Gasteiger partial charge in [-0.1, -0.05) is 12.5 Å². The van der Waals surface area contributed by atoms with E-state index in [1.165, 1.54) is 0 Å². The van der Waals surface area contributed by atoms with Crippen LogP contribution in [0.15, 0.2) is 54.7 Å². The first-order valence-corrected chi connectivity index (χ1v) is 9.37. The van der Waals surface area contributed by atoms with E-state index < -0.39 is 0 Å². The van der Waals surface area contributed by atoms with Crippen LogP contribution in [-0.2, 0) is 4.79 Å². The number of aryl methyl sites for hydroxylation is 1. The Labute approximate surface area is 163 Å². The second-order valence-electron chi connectivity index (χ2n) is 6.85. The normalized spacial score (nSPS) is 13.5. The fourth-order valence-corrected chi connectivity index (χ4v) is 2.96. The third-order valence-corrected chi connectivity index (χ3v) is 4.66. The van der Waals surface area contributed by atoms with Crippen molar-refractivity contribution >= 4 is 34.7 Å². The topological polar surface area (TPSA) is 91.8 Å². The van der Waals surface area contributed by atoms with Crippen molar-refractivity contribution in [2.45, 2.75) is 26.2 Å². The van der Waals surface area contributed by atoms with E-state index in [1.807, 2.05) is 55.5 Å². The summed E-state index contributed by atoms with van der Waals surface area (Å²) in [6.45, 7) is 1.84. The first-order valence-electron chi connectivity index (χ1n) is 9.37. The fourth-order valence-electron chi connectivity index (χ4n) is 2.96. The number of hydrogen-bond donors (Lipinski definition) is 3. The highest BCUT2D eigenvalue weighted by Gasteiger charge is 2.24. The van der Waals surface area contributed by atoms with Gasteiger partial charge < -0.3 is 16.0 Å². The molecule has 0 atom stereocenters. The third kappa shape index (κ3) is 4.43. The molecule has 1 fully saturated rings. The second kappa shape index (κ2) is 8.04. The van der Waals surface area contributed by atoms with E-state index in [0.717, 1.165) is 36.5 Å². The predicted octanol–water partition coefficient (Wildman–Crippen LogP) is 4.41. The van der Waals surface area contributed by atoms with Gasteiger partial charge in [0.1, 0.15) is 23.3 Å². The van der Waals surface area contributed by atoms with Gasteiger partial charge in [0.2, 0.25) is 5.91 Å². The number of nitrogens with zero attached hydrogens (tertiary/aromatic N) is 3. The molecule has 7 nitrogen and oxygen atoms in total. The SMILES string of the molecule is Cc1nc(Nc2ccc(NC(=O)C3CCC3)cc2)cc(Nc2ccccn2)n1. The molecular weight excluding hydrogens is 352 g/mol. The van der Waals surface area contributed by atoms with Crippen LogP contribution in [0.3, 0.4) is 0 Å². The molecular formula is C21H22N6O. The Morgan fingerprint density at radius 1 is 0.929 bits per heavy atom. The van der Waals surface area contributed by atoms with E-state index in [2.05, 4.69) is 30.9 Å². The van der Waals surface area contributed by atoms with E-state index in [4.69, 9.17) is 0 Å². The van der Waals surface area contributed by atoms with Crippen molar-refractivity contribution in [1.29, 1.82) is 0 Å². The van der Waals surface area contributed by atoms with Crippen LogP contribution in [0.1, 0.15) is 25.1 Å². The van der Waals surface area contributed by atoms with Crippen molar-refractivity contribution in [3.8, 4) is 0 Å². The molecule has 4 rings (SSSR count). The Hall–Kier alpha value is -3.48. The number of nitrogens with one attached hydrogen (secondary N) is 3. The minimum Gasteiger partial charge on any atom is -0.340 e. The summed E-state index contributed by atoms with van der Waals surface area (Å²) >= 11 is 0. The van der Waals surface area contributed by atoms with Gasteiger partial charge in [0.05, 0.1) is 0 Å². The van der Waals surface area contributed by atoms with Crippen molar-refractivity contribution in [3.63, 3.8) is 0 Å². The second-order valence-corrected chi connectivity index (χ2v) is 6.85. The van der Waals surface area contributed by atoms with Gasteiger partial charge in [0.15, 0.2) is 0 Å². The molecule has 1 saturated carbocycles. The number of carbonyl (C=O) groups is 1. The number of aromatic nitrogens is 3. The lowest BCUT2D eigenvalue weighted by atomic mass is 9.85. The molecule has 3 aromatic rings. The van der Waals surface area contributed by atoms with E-state index in [0.29, 0.717) is 17.5 Å². The molecule has 2 heterocycles. The molecule has 0 spiro atoms. The molecule has 7 heteroatoms. The molecule has 2 aromatic heterocycles. The van der Waals surface area contributed by atoms with Gasteiger partial charge in [0.25, 0.3) is 0 Å². The van der Waals surface area contributed by atoms with Crippen LogP contribution < -0.4 is 16.0 Å². The molecule has 0 aliphatic heterocycles. The van der Waals surface area contributed by atoms with Gasteiger partial charge in [0, 0.05) is 29.6 Å². The molecule has 1 aliphatic carbocycles. The molecule has 0 bridgehead atoms. The van der Waals surface area contributed by atoms with Crippen molar-refractivity contribution in [2.75, 3.05) is 16.0 Å². The van der Waals surface area contributed by atoms with Gasteiger partial charge in [-0.05, 0) is 56.2 Å². The highest BCUT2D eigenvalue weighted by molar-refractivity contribution is 5.93. The summed E-state index contributed by atoms with van der Waals surface area (Å²) in [5, 5.41) is 9.42. The summed E-state index contributed by atoms with van der Waals surface area (Å²) in [5.41, 5.74) is 1.68. The number of pyridine rings is 1. The Kier molecular flexibility index (Phi) is 5.14. The smallest absolute Gasteiger partial charge is 0.227 e. The maximum Gasteiger partial charge on any atom is 0.227 e. The molecule has 3 N–H and O–H groups in total. The standard InChI is InChI=1S/C21H22N6O/c1-14-23-19(13-20(24-14)27-18-7-2-3-12-22-18)25-16-8-10-17(11-9-16)26-21(28)15-5-4-6-15/h2-3,7-13,15H,4-6H2,1H3,(H,26,28)(H2,22,23,24,25,27). The summed E-state index contributed by atoms with van der Waals surface area (Å²) in [6, 6.07) is 15.1. The highest BCUT2D eigenvalue weighted by atomic mass is 16.1. The Bertz CT molecular complexity index is 954. The molecule has 1 amide bonds. The number of amides is 1. The van der Waals surface area contributed by atoms with Crippen LogP contribution in [0, 0.1) is 12.8 Å². The molecule has 28 heavy (non-hydrogen) atoms. The first-order chi connectivity index (χ1) is 13.7. The Balaban J connectivity index is 1.42. The Morgan fingerprint density at radius 3 is 2.29 bits per heavy atom. The van der Waals surface area contributed by atoms with Crippen molar-refractivity contribution in [3.05, 3.63) is 60.6 Å². The third-order valence-electron chi connectivity index (χ3n) is 4.66. The van der Waals surface area contributed by atoms with Gasteiger partial charge in [-0.3, -0.25) is 4.79 Å². The summed E-state index contributed by atoms with van der Waals surface area (Å²) in [7, 11) is 0. The number of carbonyl (C=O) groups excluding carboxylic acids is 1. The lowest BCUT2D eigenvalue weighted by Gasteiger charge is -2.24. The fraction of sp³-hybridized carbons (Fsp3) is 0.238. The van der Waals surface area contributed by atoms with Crippen LogP contribution in [0.2, 0.25) is 0 Å². The summed E-state index contributed by atoms with van der Waals surface area (Å²) < 4.78 is 0. The molecule has 1 aliphatic rings. The minimum absolute atomic E-state index is 0.114.